The molecule has 104 valence electrons. The zero-order chi connectivity index (χ0) is 13.9. The molecule has 1 aromatic heterocycles. The van der Waals surface area contributed by atoms with E-state index in [-0.39, 0.29) is 0 Å². The number of anilines is 1. The summed E-state index contributed by atoms with van der Waals surface area (Å²) in [5, 5.41) is 3.22. The van der Waals surface area contributed by atoms with Gasteiger partial charge in [0, 0.05) is 23.2 Å². The van der Waals surface area contributed by atoms with Gasteiger partial charge in [-0.2, -0.15) is 0 Å². The fourth-order valence-electron chi connectivity index (χ4n) is 2.62. The number of rotatable bonds is 4. The first-order valence-corrected chi connectivity index (χ1v) is 8.01. The summed E-state index contributed by atoms with van der Waals surface area (Å²) < 4.78 is 0. The molecule has 0 saturated carbocycles. The molecule has 0 unspecified atom stereocenters. The van der Waals surface area contributed by atoms with Gasteiger partial charge in [0.1, 0.15) is 11.6 Å². The maximum Gasteiger partial charge on any atom is 0.141 e. The summed E-state index contributed by atoms with van der Waals surface area (Å²) in [6, 6.07) is 8.46. The molecule has 0 amide bonds. The Balaban J connectivity index is 1.80. The quantitative estimate of drug-likeness (QED) is 0.871. The molecule has 0 fully saturated rings. The Morgan fingerprint density at radius 1 is 1.20 bits per heavy atom. The van der Waals surface area contributed by atoms with Crippen LogP contribution in [0, 0.1) is 6.92 Å². The fraction of sp³-hybridized carbons (Fsp3) is 0.375. The van der Waals surface area contributed by atoms with Crippen molar-refractivity contribution in [2.24, 2.45) is 0 Å². The lowest BCUT2D eigenvalue weighted by molar-refractivity contribution is 0.893. The molecule has 0 aliphatic heterocycles. The van der Waals surface area contributed by atoms with E-state index >= 15 is 0 Å². The number of nitrogens with one attached hydrogen (secondary N) is 1. The predicted octanol–water partition coefficient (Wildman–Crippen LogP) is 3.61. The van der Waals surface area contributed by atoms with Gasteiger partial charge in [-0.15, -0.1) is 11.8 Å². The SMILES string of the molecule is CNc1nc(CSc2ccccc2C)nc2c1CCC2. The van der Waals surface area contributed by atoms with Crippen LogP contribution in [0.1, 0.15) is 29.1 Å². The van der Waals surface area contributed by atoms with Crippen molar-refractivity contribution < 1.29 is 0 Å². The van der Waals surface area contributed by atoms with Crippen molar-refractivity contribution in [3.8, 4) is 0 Å². The van der Waals surface area contributed by atoms with E-state index in [2.05, 4.69) is 41.5 Å². The van der Waals surface area contributed by atoms with E-state index in [1.807, 2.05) is 18.8 Å². The number of fused-ring (bicyclic) bond motifs is 1. The maximum absolute atomic E-state index is 4.73. The van der Waals surface area contributed by atoms with Crippen molar-refractivity contribution >= 4 is 17.6 Å². The molecule has 3 rings (SSSR count). The molecule has 1 aliphatic rings. The normalized spacial score (nSPS) is 13.3. The second-order valence-electron chi connectivity index (χ2n) is 5.07. The first-order valence-electron chi connectivity index (χ1n) is 7.03. The number of aromatic nitrogens is 2. The van der Waals surface area contributed by atoms with Gasteiger partial charge in [-0.1, -0.05) is 18.2 Å². The topological polar surface area (TPSA) is 37.8 Å². The first kappa shape index (κ1) is 13.4. The van der Waals surface area contributed by atoms with Crippen molar-refractivity contribution in [3.63, 3.8) is 0 Å². The van der Waals surface area contributed by atoms with Gasteiger partial charge in [-0.3, -0.25) is 0 Å². The monoisotopic (exact) mass is 285 g/mol. The van der Waals surface area contributed by atoms with E-state index in [0.717, 1.165) is 30.2 Å². The highest BCUT2D eigenvalue weighted by atomic mass is 32.2. The van der Waals surface area contributed by atoms with Crippen LogP contribution in [0.2, 0.25) is 0 Å². The van der Waals surface area contributed by atoms with Crippen LogP contribution in [0.3, 0.4) is 0 Å². The molecule has 1 aliphatic carbocycles. The highest BCUT2D eigenvalue weighted by Gasteiger charge is 2.18. The summed E-state index contributed by atoms with van der Waals surface area (Å²) in [5.41, 5.74) is 3.87. The Hall–Kier alpha value is -1.55. The molecule has 2 aromatic rings. The number of hydrogen-bond acceptors (Lipinski definition) is 4. The largest absolute Gasteiger partial charge is 0.373 e. The number of aryl methyl sites for hydroxylation is 2. The van der Waals surface area contributed by atoms with Crippen LogP contribution in [0.4, 0.5) is 5.82 Å². The molecule has 1 aromatic carbocycles. The summed E-state index contributed by atoms with van der Waals surface area (Å²) in [5.74, 6) is 2.78. The van der Waals surface area contributed by atoms with Crippen molar-refractivity contribution in [2.45, 2.75) is 36.8 Å². The third-order valence-electron chi connectivity index (χ3n) is 3.67. The van der Waals surface area contributed by atoms with Crippen LogP contribution < -0.4 is 5.32 Å². The van der Waals surface area contributed by atoms with Gasteiger partial charge >= 0.3 is 0 Å². The number of thioether (sulfide) groups is 1. The molecule has 0 atom stereocenters. The van der Waals surface area contributed by atoms with Crippen molar-refractivity contribution in [1.29, 1.82) is 0 Å². The van der Waals surface area contributed by atoms with Crippen LogP contribution in [0.5, 0.6) is 0 Å². The van der Waals surface area contributed by atoms with Gasteiger partial charge in [0.2, 0.25) is 0 Å². The highest BCUT2D eigenvalue weighted by molar-refractivity contribution is 7.98. The van der Waals surface area contributed by atoms with Gasteiger partial charge in [-0.05, 0) is 37.8 Å². The molecule has 0 radical (unpaired) electrons. The molecular weight excluding hydrogens is 266 g/mol. The smallest absolute Gasteiger partial charge is 0.141 e. The minimum Gasteiger partial charge on any atom is -0.373 e. The summed E-state index contributed by atoms with van der Waals surface area (Å²) in [7, 11) is 1.94. The summed E-state index contributed by atoms with van der Waals surface area (Å²) in [6.45, 7) is 2.14. The van der Waals surface area contributed by atoms with Gasteiger partial charge in [0.05, 0.1) is 5.75 Å². The molecule has 0 bridgehead atoms. The minimum atomic E-state index is 0.826. The van der Waals surface area contributed by atoms with Gasteiger partial charge in [-0.25, -0.2) is 9.97 Å². The van der Waals surface area contributed by atoms with E-state index in [1.54, 1.807) is 0 Å². The summed E-state index contributed by atoms with van der Waals surface area (Å²) in [4.78, 5) is 10.7. The van der Waals surface area contributed by atoms with Gasteiger partial charge in [0.15, 0.2) is 0 Å². The molecule has 20 heavy (non-hydrogen) atoms. The first-order chi connectivity index (χ1) is 9.78. The second-order valence-corrected chi connectivity index (χ2v) is 6.09. The van der Waals surface area contributed by atoms with Crippen molar-refractivity contribution in [1.82, 2.24) is 9.97 Å². The number of hydrogen-bond donors (Lipinski definition) is 1. The zero-order valence-electron chi connectivity index (χ0n) is 11.9. The highest BCUT2D eigenvalue weighted by Crippen LogP contribution is 2.29. The molecule has 4 heteroatoms. The van der Waals surface area contributed by atoms with Crippen molar-refractivity contribution in [2.75, 3.05) is 12.4 Å². The lowest BCUT2D eigenvalue weighted by Gasteiger charge is -2.10. The molecule has 0 saturated heterocycles. The Morgan fingerprint density at radius 3 is 2.85 bits per heavy atom. The average Bonchev–Trinajstić information content (AvgIpc) is 2.94. The van der Waals surface area contributed by atoms with Crippen LogP contribution in [-0.4, -0.2) is 17.0 Å². The Bertz CT molecular complexity index is 625. The second kappa shape index (κ2) is 5.83. The Morgan fingerprint density at radius 2 is 2.05 bits per heavy atom. The molecule has 1 heterocycles. The van der Waals surface area contributed by atoms with Crippen LogP contribution in [-0.2, 0) is 18.6 Å². The Kier molecular flexibility index (Phi) is 3.92. The van der Waals surface area contributed by atoms with Gasteiger partial charge in [0.25, 0.3) is 0 Å². The van der Waals surface area contributed by atoms with Crippen LogP contribution >= 0.6 is 11.8 Å². The van der Waals surface area contributed by atoms with E-state index in [0.29, 0.717) is 0 Å². The predicted molar refractivity (Wildman–Crippen MR) is 84.3 cm³/mol. The van der Waals surface area contributed by atoms with Crippen LogP contribution in [0.25, 0.3) is 0 Å². The van der Waals surface area contributed by atoms with Crippen LogP contribution in [0.15, 0.2) is 29.2 Å². The van der Waals surface area contributed by atoms with E-state index < -0.39 is 0 Å². The summed E-state index contributed by atoms with van der Waals surface area (Å²) in [6.07, 6.45) is 3.40. The molecule has 0 spiro atoms. The average molecular weight is 285 g/mol. The number of nitrogens with zero attached hydrogens (tertiary/aromatic N) is 2. The van der Waals surface area contributed by atoms with Crippen molar-refractivity contribution in [3.05, 3.63) is 46.9 Å². The Labute approximate surface area is 124 Å². The fourth-order valence-corrected chi connectivity index (χ4v) is 3.50. The third-order valence-corrected chi connectivity index (χ3v) is 4.84. The maximum atomic E-state index is 4.73. The van der Waals surface area contributed by atoms with E-state index in [4.69, 9.17) is 4.98 Å². The lowest BCUT2D eigenvalue weighted by atomic mass is 10.2. The molecular formula is C16H19N3S. The molecule has 1 N–H and O–H groups in total. The zero-order valence-corrected chi connectivity index (χ0v) is 12.8. The molecule has 3 nitrogen and oxygen atoms in total. The van der Waals surface area contributed by atoms with E-state index in [9.17, 15) is 0 Å². The third kappa shape index (κ3) is 2.66. The lowest BCUT2D eigenvalue weighted by Crippen LogP contribution is -2.05. The summed E-state index contributed by atoms with van der Waals surface area (Å²) >= 11 is 1.81. The van der Waals surface area contributed by atoms with E-state index in [1.165, 1.54) is 28.1 Å². The van der Waals surface area contributed by atoms with Gasteiger partial charge < -0.3 is 5.32 Å². The minimum absolute atomic E-state index is 0.826. The standard InChI is InChI=1S/C16H19N3S/c1-11-6-3-4-9-14(11)20-10-15-18-13-8-5-7-12(13)16(17-2)19-15/h3-4,6,9H,5,7-8,10H2,1-2H3,(H,17,18,19). The number of benzene rings is 1.